The van der Waals surface area contributed by atoms with E-state index in [2.05, 4.69) is 20.9 Å². The van der Waals surface area contributed by atoms with E-state index in [1.807, 2.05) is 42.5 Å². The monoisotopic (exact) mass is 576 g/mol. The van der Waals surface area contributed by atoms with E-state index in [4.69, 9.17) is 0 Å². The largest absolute Gasteiger partial charge is 0.350 e. The van der Waals surface area contributed by atoms with Gasteiger partial charge in [-0.1, -0.05) is 59.8 Å². The highest BCUT2D eigenvalue weighted by Gasteiger charge is 2.34. The number of nitrogens with one attached hydrogen (secondary N) is 2. The van der Waals surface area contributed by atoms with E-state index in [-0.39, 0.29) is 24.9 Å². The van der Waals surface area contributed by atoms with Gasteiger partial charge in [0.1, 0.15) is 23.9 Å². The van der Waals surface area contributed by atoms with Gasteiger partial charge in [0, 0.05) is 23.8 Å². The molecule has 4 aromatic carbocycles. The Labute approximate surface area is 247 Å². The predicted molar refractivity (Wildman–Crippen MR) is 160 cm³/mol. The van der Waals surface area contributed by atoms with Gasteiger partial charge in [0.15, 0.2) is 0 Å². The number of aromatic nitrogens is 3. The molecule has 0 radical (unpaired) electrons. The Kier molecular flexibility index (Phi) is 7.90. The molecular weight excluding hydrogens is 547 g/mol. The maximum absolute atomic E-state index is 14.5. The van der Waals surface area contributed by atoms with E-state index in [1.54, 1.807) is 42.5 Å². The molecule has 5 aromatic rings. The molecule has 1 aliphatic carbocycles. The van der Waals surface area contributed by atoms with Crippen LogP contribution in [0, 0.1) is 11.7 Å². The molecule has 9 nitrogen and oxygen atoms in total. The number of benzene rings is 4. The summed E-state index contributed by atoms with van der Waals surface area (Å²) in [5.74, 6) is -1.50. The molecule has 0 bridgehead atoms. The van der Waals surface area contributed by atoms with Crippen LogP contribution in [-0.4, -0.2) is 32.7 Å². The van der Waals surface area contributed by atoms with Gasteiger partial charge in [0.2, 0.25) is 17.7 Å². The van der Waals surface area contributed by atoms with Crippen LogP contribution < -0.4 is 15.5 Å². The number of rotatable bonds is 10. The first-order valence-electron chi connectivity index (χ1n) is 14.0. The molecule has 216 valence electrons. The molecule has 1 fully saturated rings. The van der Waals surface area contributed by atoms with E-state index >= 15 is 0 Å². The average Bonchev–Trinajstić information content (AvgIpc) is 3.81. The standard InChI is InChI=1S/C33H29FN6O3/c34-25-10-6-9-24(19-25)31(33(43)35-20-22-7-2-1-3-8-22)40(27-17-15-26(16-18-27)36-32(42)23-13-14-23)30(41)21-39-29-12-5-4-11-28(29)37-38-39/h1-12,15-19,23,31H,13-14,20-21H2,(H,35,43)(H,36,42). The predicted octanol–water partition coefficient (Wildman–Crippen LogP) is 5.01. The van der Waals surface area contributed by atoms with Crippen molar-refractivity contribution in [2.75, 3.05) is 10.2 Å². The first kappa shape index (κ1) is 27.8. The highest BCUT2D eigenvalue weighted by Crippen LogP contribution is 2.32. The van der Waals surface area contributed by atoms with Crippen LogP contribution in [0.2, 0.25) is 0 Å². The van der Waals surface area contributed by atoms with Gasteiger partial charge in [-0.15, -0.1) is 5.10 Å². The van der Waals surface area contributed by atoms with Crippen molar-refractivity contribution in [3.05, 3.63) is 120 Å². The third-order valence-electron chi connectivity index (χ3n) is 7.32. The van der Waals surface area contributed by atoms with E-state index < -0.39 is 23.7 Å². The molecule has 0 saturated heterocycles. The topological polar surface area (TPSA) is 109 Å². The Morgan fingerprint density at radius 2 is 1.65 bits per heavy atom. The minimum atomic E-state index is -1.21. The van der Waals surface area contributed by atoms with Crippen molar-refractivity contribution >= 4 is 40.1 Å². The summed E-state index contributed by atoms with van der Waals surface area (Å²) in [7, 11) is 0. The van der Waals surface area contributed by atoms with Crippen molar-refractivity contribution in [3.8, 4) is 0 Å². The highest BCUT2D eigenvalue weighted by atomic mass is 19.1. The van der Waals surface area contributed by atoms with Gasteiger partial charge in [-0.2, -0.15) is 0 Å². The molecule has 1 saturated carbocycles. The molecule has 1 unspecified atom stereocenters. The Morgan fingerprint density at radius 1 is 0.907 bits per heavy atom. The number of hydrogen-bond donors (Lipinski definition) is 2. The summed E-state index contributed by atoms with van der Waals surface area (Å²) in [4.78, 5) is 41.8. The summed E-state index contributed by atoms with van der Waals surface area (Å²) < 4.78 is 16.0. The van der Waals surface area contributed by atoms with Gasteiger partial charge in [-0.25, -0.2) is 9.07 Å². The van der Waals surface area contributed by atoms with E-state index in [0.717, 1.165) is 18.4 Å². The van der Waals surface area contributed by atoms with Crippen LogP contribution in [0.4, 0.5) is 15.8 Å². The van der Waals surface area contributed by atoms with Crippen molar-refractivity contribution in [1.29, 1.82) is 0 Å². The van der Waals surface area contributed by atoms with Crippen LogP contribution in [0.15, 0.2) is 103 Å². The minimum absolute atomic E-state index is 0.0286. The van der Waals surface area contributed by atoms with Crippen molar-refractivity contribution in [3.63, 3.8) is 0 Å². The molecule has 1 heterocycles. The van der Waals surface area contributed by atoms with Crippen molar-refractivity contribution in [2.45, 2.75) is 32.0 Å². The fourth-order valence-electron chi connectivity index (χ4n) is 4.95. The summed E-state index contributed by atoms with van der Waals surface area (Å²) in [6.45, 7) is -0.00810. The second-order valence-corrected chi connectivity index (χ2v) is 10.5. The molecule has 6 rings (SSSR count). The van der Waals surface area contributed by atoms with Crippen LogP contribution in [-0.2, 0) is 27.5 Å². The minimum Gasteiger partial charge on any atom is -0.350 e. The van der Waals surface area contributed by atoms with Crippen LogP contribution in [0.5, 0.6) is 0 Å². The fraction of sp³-hybridized carbons (Fsp3) is 0.182. The zero-order valence-corrected chi connectivity index (χ0v) is 23.2. The average molecular weight is 577 g/mol. The van der Waals surface area contributed by atoms with E-state index in [9.17, 15) is 18.8 Å². The van der Waals surface area contributed by atoms with Gasteiger partial charge in [-0.05, 0) is 72.5 Å². The molecule has 1 aromatic heterocycles. The number of hydrogen-bond acceptors (Lipinski definition) is 5. The second-order valence-electron chi connectivity index (χ2n) is 10.5. The summed E-state index contributed by atoms with van der Waals surface area (Å²) in [6.07, 6.45) is 1.74. The van der Waals surface area contributed by atoms with Crippen LogP contribution in [0.1, 0.15) is 30.0 Å². The smallest absolute Gasteiger partial charge is 0.249 e. The summed E-state index contributed by atoms with van der Waals surface area (Å²) in [5.41, 5.74) is 3.42. The quantitative estimate of drug-likeness (QED) is 0.243. The van der Waals surface area contributed by atoms with Crippen molar-refractivity contribution in [1.82, 2.24) is 20.3 Å². The number of fused-ring (bicyclic) bond motifs is 1. The maximum Gasteiger partial charge on any atom is 0.249 e. The Morgan fingerprint density at radius 3 is 2.40 bits per heavy atom. The summed E-state index contributed by atoms with van der Waals surface area (Å²) in [5, 5.41) is 14.1. The Balaban J connectivity index is 1.37. The van der Waals surface area contributed by atoms with Gasteiger partial charge in [-0.3, -0.25) is 19.3 Å². The Hall–Kier alpha value is -5.38. The van der Waals surface area contributed by atoms with Gasteiger partial charge in [0.05, 0.1) is 5.52 Å². The molecular formula is C33H29FN6O3. The SMILES string of the molecule is O=C(Nc1ccc(N(C(=O)Cn2nnc3ccccc32)C(C(=O)NCc2ccccc2)c2cccc(F)c2)cc1)C1CC1. The number of halogens is 1. The molecule has 43 heavy (non-hydrogen) atoms. The number of carbonyl (C=O) groups is 3. The maximum atomic E-state index is 14.5. The van der Waals surface area contributed by atoms with Gasteiger partial charge >= 0.3 is 0 Å². The fourth-order valence-corrected chi connectivity index (χ4v) is 4.95. The molecule has 3 amide bonds. The molecule has 10 heteroatoms. The van der Waals surface area contributed by atoms with Crippen LogP contribution in [0.3, 0.4) is 0 Å². The first-order chi connectivity index (χ1) is 21.0. The van der Waals surface area contributed by atoms with Crippen molar-refractivity contribution in [2.24, 2.45) is 5.92 Å². The number of amides is 3. The second kappa shape index (κ2) is 12.2. The lowest BCUT2D eigenvalue weighted by atomic mass is 10.0. The number of para-hydroxylation sites is 1. The molecule has 1 aliphatic rings. The lowest BCUT2D eigenvalue weighted by Gasteiger charge is -2.32. The van der Waals surface area contributed by atoms with Gasteiger partial charge in [0.25, 0.3) is 0 Å². The first-order valence-corrected chi connectivity index (χ1v) is 14.0. The molecule has 0 aliphatic heterocycles. The number of nitrogens with zero attached hydrogens (tertiary/aromatic N) is 4. The third-order valence-corrected chi connectivity index (χ3v) is 7.32. The normalized spacial score (nSPS) is 13.3. The molecule has 1 atom stereocenters. The lowest BCUT2D eigenvalue weighted by Crippen LogP contribution is -2.45. The lowest BCUT2D eigenvalue weighted by molar-refractivity contribution is -0.127. The number of anilines is 2. The van der Waals surface area contributed by atoms with Crippen molar-refractivity contribution < 1.29 is 18.8 Å². The summed E-state index contributed by atoms with van der Waals surface area (Å²) >= 11 is 0. The zero-order chi connectivity index (χ0) is 29.8. The third kappa shape index (κ3) is 6.43. The molecule has 0 spiro atoms. The zero-order valence-electron chi connectivity index (χ0n) is 23.2. The number of carbonyl (C=O) groups excluding carboxylic acids is 3. The van der Waals surface area contributed by atoms with E-state index in [0.29, 0.717) is 28.0 Å². The van der Waals surface area contributed by atoms with E-state index in [1.165, 1.54) is 27.8 Å². The van der Waals surface area contributed by atoms with Crippen LogP contribution in [0.25, 0.3) is 11.0 Å². The Bertz CT molecular complexity index is 1770. The summed E-state index contributed by atoms with van der Waals surface area (Å²) in [6, 6.07) is 27.8. The highest BCUT2D eigenvalue weighted by molar-refractivity contribution is 6.02. The van der Waals surface area contributed by atoms with Crippen LogP contribution >= 0.6 is 0 Å². The van der Waals surface area contributed by atoms with Gasteiger partial charge < -0.3 is 10.6 Å². The molecule has 2 N–H and O–H groups in total.